The van der Waals surface area contributed by atoms with E-state index in [1.54, 1.807) is 6.20 Å². The minimum atomic E-state index is 0.0451. The molecule has 0 aliphatic heterocycles. The standard InChI is InChI=1S/C14H13NO2/c16-11-4-6-12(8-11)17-13-5-3-10-2-1-7-15-14(10)9-13/h1-3,5,7,9,12H,4,6,8H2. The van der Waals surface area contributed by atoms with Crippen LogP contribution in [0.3, 0.4) is 0 Å². The maximum absolute atomic E-state index is 11.2. The Kier molecular flexibility index (Phi) is 2.52. The van der Waals surface area contributed by atoms with E-state index in [-0.39, 0.29) is 6.10 Å². The van der Waals surface area contributed by atoms with Gasteiger partial charge in [0.1, 0.15) is 17.6 Å². The van der Waals surface area contributed by atoms with E-state index in [0.29, 0.717) is 18.6 Å². The van der Waals surface area contributed by atoms with Gasteiger partial charge in [-0.05, 0) is 24.6 Å². The summed E-state index contributed by atoms with van der Waals surface area (Å²) in [6, 6.07) is 9.79. The Morgan fingerprint density at radius 1 is 1.29 bits per heavy atom. The molecule has 0 bridgehead atoms. The number of Topliss-reactive ketones (excluding diaryl/α,β-unsaturated/α-hetero) is 1. The maximum Gasteiger partial charge on any atom is 0.136 e. The average Bonchev–Trinajstić information content (AvgIpc) is 2.75. The maximum atomic E-state index is 11.2. The first-order valence-corrected chi connectivity index (χ1v) is 5.84. The van der Waals surface area contributed by atoms with Gasteiger partial charge in [0.2, 0.25) is 0 Å². The SMILES string of the molecule is O=C1CCC(Oc2ccc3cccnc3c2)C1. The molecule has 1 aliphatic carbocycles. The summed E-state index contributed by atoms with van der Waals surface area (Å²) in [4.78, 5) is 15.4. The minimum absolute atomic E-state index is 0.0451. The van der Waals surface area contributed by atoms with Crippen LogP contribution in [-0.4, -0.2) is 16.9 Å². The summed E-state index contributed by atoms with van der Waals surface area (Å²) in [6.45, 7) is 0. The molecule has 2 aromatic rings. The number of nitrogens with zero attached hydrogens (tertiary/aromatic N) is 1. The number of ketones is 1. The third-order valence-corrected chi connectivity index (χ3v) is 3.08. The Morgan fingerprint density at radius 2 is 2.24 bits per heavy atom. The van der Waals surface area contributed by atoms with Gasteiger partial charge in [-0.1, -0.05) is 6.07 Å². The fourth-order valence-electron chi connectivity index (χ4n) is 2.19. The molecule has 0 radical (unpaired) electrons. The molecule has 1 unspecified atom stereocenters. The van der Waals surface area contributed by atoms with Crippen LogP contribution in [0.4, 0.5) is 0 Å². The highest BCUT2D eigenvalue weighted by Gasteiger charge is 2.23. The lowest BCUT2D eigenvalue weighted by atomic mass is 10.2. The van der Waals surface area contributed by atoms with Gasteiger partial charge in [0.05, 0.1) is 5.52 Å². The Balaban J connectivity index is 1.83. The number of carbonyl (C=O) groups is 1. The molecular formula is C14H13NO2. The molecule has 1 aromatic carbocycles. The molecule has 0 amide bonds. The Bertz CT molecular complexity index is 565. The lowest BCUT2D eigenvalue weighted by molar-refractivity contribution is -0.117. The van der Waals surface area contributed by atoms with Crippen molar-refractivity contribution in [2.45, 2.75) is 25.4 Å². The van der Waals surface area contributed by atoms with Crippen LogP contribution in [0.5, 0.6) is 5.75 Å². The number of pyridine rings is 1. The smallest absolute Gasteiger partial charge is 0.136 e. The first kappa shape index (κ1) is 10.3. The van der Waals surface area contributed by atoms with Gasteiger partial charge in [0.15, 0.2) is 0 Å². The van der Waals surface area contributed by atoms with Crippen molar-refractivity contribution in [2.75, 3.05) is 0 Å². The van der Waals surface area contributed by atoms with Crippen molar-refractivity contribution in [3.05, 3.63) is 36.5 Å². The summed E-state index contributed by atoms with van der Waals surface area (Å²) in [5, 5.41) is 1.10. The van der Waals surface area contributed by atoms with Crippen LogP contribution in [0.1, 0.15) is 19.3 Å². The van der Waals surface area contributed by atoms with E-state index in [9.17, 15) is 4.79 Å². The summed E-state index contributed by atoms with van der Waals surface area (Å²) in [5.41, 5.74) is 0.925. The molecule has 1 saturated carbocycles. The third-order valence-electron chi connectivity index (χ3n) is 3.08. The number of fused-ring (bicyclic) bond motifs is 1. The molecule has 0 N–H and O–H groups in total. The number of carbonyl (C=O) groups excluding carboxylic acids is 1. The van der Waals surface area contributed by atoms with Gasteiger partial charge in [-0.25, -0.2) is 0 Å². The van der Waals surface area contributed by atoms with Gasteiger partial charge in [-0.3, -0.25) is 9.78 Å². The van der Waals surface area contributed by atoms with Crippen LogP contribution < -0.4 is 4.74 Å². The summed E-state index contributed by atoms with van der Waals surface area (Å²) in [7, 11) is 0. The van der Waals surface area contributed by atoms with Crippen molar-refractivity contribution >= 4 is 16.7 Å². The molecule has 1 atom stereocenters. The van der Waals surface area contributed by atoms with E-state index < -0.39 is 0 Å². The molecule has 3 heteroatoms. The first-order chi connectivity index (χ1) is 8.31. The van der Waals surface area contributed by atoms with Crippen molar-refractivity contribution in [3.63, 3.8) is 0 Å². The summed E-state index contributed by atoms with van der Waals surface area (Å²) in [5.74, 6) is 1.10. The van der Waals surface area contributed by atoms with E-state index in [4.69, 9.17) is 4.74 Å². The van der Waals surface area contributed by atoms with Gasteiger partial charge in [-0.15, -0.1) is 0 Å². The van der Waals surface area contributed by atoms with Crippen molar-refractivity contribution < 1.29 is 9.53 Å². The normalized spacial score (nSPS) is 19.8. The highest BCUT2D eigenvalue weighted by atomic mass is 16.5. The minimum Gasteiger partial charge on any atom is -0.490 e. The summed E-state index contributed by atoms with van der Waals surface area (Å²) in [6.07, 6.45) is 3.84. The Labute approximate surface area is 99.4 Å². The number of hydrogen-bond donors (Lipinski definition) is 0. The molecule has 0 saturated heterocycles. The zero-order chi connectivity index (χ0) is 11.7. The third kappa shape index (κ3) is 2.13. The molecular weight excluding hydrogens is 214 g/mol. The van der Waals surface area contributed by atoms with Crippen molar-refractivity contribution in [2.24, 2.45) is 0 Å². The van der Waals surface area contributed by atoms with Crippen LogP contribution >= 0.6 is 0 Å². The monoisotopic (exact) mass is 227 g/mol. The van der Waals surface area contributed by atoms with E-state index >= 15 is 0 Å². The second-order valence-corrected chi connectivity index (χ2v) is 4.38. The second-order valence-electron chi connectivity index (χ2n) is 4.38. The highest BCUT2D eigenvalue weighted by molar-refractivity contribution is 5.81. The largest absolute Gasteiger partial charge is 0.490 e. The summed E-state index contributed by atoms with van der Waals surface area (Å²) >= 11 is 0. The lowest BCUT2D eigenvalue weighted by Gasteiger charge is -2.12. The molecule has 3 rings (SSSR count). The summed E-state index contributed by atoms with van der Waals surface area (Å²) < 4.78 is 5.79. The van der Waals surface area contributed by atoms with Crippen LogP contribution in [0, 0.1) is 0 Å². The van der Waals surface area contributed by atoms with Gasteiger partial charge in [-0.2, -0.15) is 0 Å². The molecule has 1 heterocycles. The molecule has 86 valence electrons. The van der Waals surface area contributed by atoms with Gasteiger partial charge < -0.3 is 4.74 Å². The molecule has 3 nitrogen and oxygen atoms in total. The van der Waals surface area contributed by atoms with E-state index in [2.05, 4.69) is 4.98 Å². The predicted octanol–water partition coefficient (Wildman–Crippen LogP) is 2.74. The quantitative estimate of drug-likeness (QED) is 0.791. The first-order valence-electron chi connectivity index (χ1n) is 5.84. The highest BCUT2D eigenvalue weighted by Crippen LogP contribution is 2.24. The Hall–Kier alpha value is -1.90. The number of benzene rings is 1. The lowest BCUT2D eigenvalue weighted by Crippen LogP contribution is -2.11. The predicted molar refractivity (Wildman–Crippen MR) is 65.0 cm³/mol. The fourth-order valence-corrected chi connectivity index (χ4v) is 2.19. The van der Waals surface area contributed by atoms with Crippen LogP contribution in [-0.2, 0) is 4.79 Å². The Morgan fingerprint density at radius 3 is 3.06 bits per heavy atom. The van der Waals surface area contributed by atoms with Crippen molar-refractivity contribution in [1.82, 2.24) is 4.98 Å². The number of ether oxygens (including phenoxy) is 1. The van der Waals surface area contributed by atoms with Crippen LogP contribution in [0.2, 0.25) is 0 Å². The molecule has 1 aliphatic rings. The molecule has 17 heavy (non-hydrogen) atoms. The molecule has 1 aromatic heterocycles. The van der Waals surface area contributed by atoms with Crippen LogP contribution in [0.25, 0.3) is 10.9 Å². The second kappa shape index (κ2) is 4.17. The molecule has 0 spiro atoms. The van der Waals surface area contributed by atoms with Crippen LogP contribution in [0.15, 0.2) is 36.5 Å². The number of aromatic nitrogens is 1. The number of hydrogen-bond acceptors (Lipinski definition) is 3. The molecule has 1 fully saturated rings. The van der Waals surface area contributed by atoms with E-state index in [1.807, 2.05) is 30.3 Å². The zero-order valence-electron chi connectivity index (χ0n) is 9.43. The van der Waals surface area contributed by atoms with Gasteiger partial charge >= 0.3 is 0 Å². The topological polar surface area (TPSA) is 39.2 Å². The van der Waals surface area contributed by atoms with Gasteiger partial charge in [0, 0.05) is 30.5 Å². The fraction of sp³-hybridized carbons (Fsp3) is 0.286. The van der Waals surface area contributed by atoms with E-state index in [1.165, 1.54) is 0 Å². The number of rotatable bonds is 2. The van der Waals surface area contributed by atoms with Crippen molar-refractivity contribution in [3.8, 4) is 5.75 Å². The van der Waals surface area contributed by atoms with E-state index in [0.717, 1.165) is 23.1 Å². The zero-order valence-corrected chi connectivity index (χ0v) is 9.43. The average molecular weight is 227 g/mol. The van der Waals surface area contributed by atoms with Gasteiger partial charge in [0.25, 0.3) is 0 Å². The van der Waals surface area contributed by atoms with Crippen molar-refractivity contribution in [1.29, 1.82) is 0 Å².